The lowest BCUT2D eigenvalue weighted by atomic mass is 10.0. The summed E-state index contributed by atoms with van der Waals surface area (Å²) in [6.45, 7) is 7.11. The highest BCUT2D eigenvalue weighted by Crippen LogP contribution is 2.11. The zero-order valence-corrected chi connectivity index (χ0v) is 10.9. The second kappa shape index (κ2) is 6.42. The summed E-state index contributed by atoms with van der Waals surface area (Å²) in [7, 11) is 0. The van der Waals surface area contributed by atoms with E-state index in [-0.39, 0.29) is 23.8 Å². The minimum absolute atomic E-state index is 0.0226. The summed E-state index contributed by atoms with van der Waals surface area (Å²) in [6, 6.07) is -0.365. The minimum Gasteiger partial charge on any atom is -0.344 e. The summed E-state index contributed by atoms with van der Waals surface area (Å²) in [5.41, 5.74) is 0. The Kier molecular flexibility index (Phi) is 5.19. The lowest BCUT2D eigenvalue weighted by Gasteiger charge is -2.25. The van der Waals surface area contributed by atoms with Crippen molar-refractivity contribution in [1.29, 1.82) is 0 Å². The van der Waals surface area contributed by atoms with E-state index in [4.69, 9.17) is 0 Å². The predicted molar refractivity (Wildman–Crippen MR) is 67.4 cm³/mol. The van der Waals surface area contributed by atoms with Crippen LogP contribution in [-0.4, -0.2) is 35.8 Å². The first-order valence-corrected chi connectivity index (χ1v) is 6.25. The molecule has 0 aromatic rings. The van der Waals surface area contributed by atoms with Crippen molar-refractivity contribution in [2.24, 2.45) is 5.92 Å². The largest absolute Gasteiger partial charge is 0.344 e. The van der Waals surface area contributed by atoms with E-state index in [1.807, 2.05) is 32.9 Å². The van der Waals surface area contributed by atoms with Crippen molar-refractivity contribution in [2.45, 2.75) is 39.7 Å². The molecule has 17 heavy (non-hydrogen) atoms. The third kappa shape index (κ3) is 3.88. The molecule has 1 heterocycles. The molecule has 0 aromatic carbocycles. The van der Waals surface area contributed by atoms with Gasteiger partial charge in [0, 0.05) is 19.5 Å². The number of allylic oxidation sites excluding steroid dienone is 1. The van der Waals surface area contributed by atoms with E-state index in [1.54, 1.807) is 4.90 Å². The molecule has 0 spiro atoms. The highest BCUT2D eigenvalue weighted by molar-refractivity contribution is 5.90. The van der Waals surface area contributed by atoms with Gasteiger partial charge in [-0.05, 0) is 19.3 Å². The Morgan fingerprint density at radius 2 is 2.18 bits per heavy atom. The summed E-state index contributed by atoms with van der Waals surface area (Å²) in [5, 5.41) is 2.80. The third-order valence-electron chi connectivity index (χ3n) is 2.97. The second-order valence-electron chi connectivity index (χ2n) is 4.72. The summed E-state index contributed by atoms with van der Waals surface area (Å²) in [6.07, 6.45) is 5.27. The van der Waals surface area contributed by atoms with Crippen LogP contribution in [0.4, 0.5) is 0 Å². The monoisotopic (exact) mass is 238 g/mol. The Morgan fingerprint density at radius 1 is 1.47 bits per heavy atom. The van der Waals surface area contributed by atoms with Crippen LogP contribution in [-0.2, 0) is 9.59 Å². The van der Waals surface area contributed by atoms with Gasteiger partial charge in [-0.25, -0.2) is 0 Å². The standard InChI is InChI=1S/C13H22N2O2/c1-4-5-6-8-15-9-7-11(16)14-12(10(2)3)13(15)17/h4-5,10,12H,6-9H2,1-3H3,(H,14,16)/b5-4+. The molecule has 0 aromatic heterocycles. The van der Waals surface area contributed by atoms with Gasteiger partial charge in [0.15, 0.2) is 0 Å². The number of hydrogen-bond donors (Lipinski definition) is 1. The molecule has 1 aliphatic heterocycles. The number of carbonyl (C=O) groups excluding carboxylic acids is 2. The lowest BCUT2D eigenvalue weighted by molar-refractivity contribution is -0.134. The van der Waals surface area contributed by atoms with Crippen LogP contribution in [0, 0.1) is 5.92 Å². The van der Waals surface area contributed by atoms with E-state index in [0.717, 1.165) is 6.42 Å². The van der Waals surface area contributed by atoms with Gasteiger partial charge in [0.2, 0.25) is 11.8 Å². The van der Waals surface area contributed by atoms with Gasteiger partial charge in [-0.1, -0.05) is 26.0 Å². The average molecular weight is 238 g/mol. The Morgan fingerprint density at radius 3 is 2.76 bits per heavy atom. The predicted octanol–water partition coefficient (Wildman–Crippen LogP) is 1.33. The van der Waals surface area contributed by atoms with Crippen molar-refractivity contribution < 1.29 is 9.59 Å². The fraction of sp³-hybridized carbons (Fsp3) is 0.692. The average Bonchev–Trinajstić information content (AvgIpc) is 2.41. The Balaban J connectivity index is 2.69. The van der Waals surface area contributed by atoms with Crippen molar-refractivity contribution in [2.75, 3.05) is 13.1 Å². The number of rotatable bonds is 4. The number of carbonyl (C=O) groups is 2. The normalized spacial score (nSPS) is 22.1. The molecule has 1 fully saturated rings. The van der Waals surface area contributed by atoms with Gasteiger partial charge >= 0.3 is 0 Å². The van der Waals surface area contributed by atoms with Crippen LogP contribution < -0.4 is 5.32 Å². The maximum atomic E-state index is 12.2. The highest BCUT2D eigenvalue weighted by atomic mass is 16.2. The van der Waals surface area contributed by atoms with E-state index < -0.39 is 0 Å². The van der Waals surface area contributed by atoms with Crippen LogP contribution in [0.1, 0.15) is 33.6 Å². The molecule has 1 saturated heterocycles. The smallest absolute Gasteiger partial charge is 0.245 e. The van der Waals surface area contributed by atoms with Crippen LogP contribution in [0.3, 0.4) is 0 Å². The molecule has 96 valence electrons. The molecular formula is C13H22N2O2. The zero-order valence-electron chi connectivity index (χ0n) is 10.9. The van der Waals surface area contributed by atoms with Gasteiger partial charge in [-0.2, -0.15) is 0 Å². The van der Waals surface area contributed by atoms with Crippen LogP contribution in [0.25, 0.3) is 0 Å². The lowest BCUT2D eigenvalue weighted by Crippen LogP contribution is -2.47. The van der Waals surface area contributed by atoms with Crippen LogP contribution in [0.5, 0.6) is 0 Å². The molecule has 0 aliphatic carbocycles. The van der Waals surface area contributed by atoms with E-state index in [9.17, 15) is 9.59 Å². The number of hydrogen-bond acceptors (Lipinski definition) is 2. The van der Waals surface area contributed by atoms with Gasteiger partial charge < -0.3 is 10.2 Å². The minimum atomic E-state index is -0.365. The number of nitrogens with zero attached hydrogens (tertiary/aromatic N) is 1. The van der Waals surface area contributed by atoms with Crippen molar-refractivity contribution in [3.8, 4) is 0 Å². The Hall–Kier alpha value is -1.32. The van der Waals surface area contributed by atoms with Crippen molar-refractivity contribution in [3.05, 3.63) is 12.2 Å². The molecule has 4 nitrogen and oxygen atoms in total. The van der Waals surface area contributed by atoms with Crippen molar-refractivity contribution >= 4 is 11.8 Å². The SMILES string of the molecule is C/C=C/CCN1CCC(=O)NC(C(C)C)C1=O. The highest BCUT2D eigenvalue weighted by Gasteiger charge is 2.31. The van der Waals surface area contributed by atoms with Gasteiger partial charge in [-0.3, -0.25) is 9.59 Å². The molecule has 1 atom stereocenters. The van der Waals surface area contributed by atoms with E-state index in [2.05, 4.69) is 5.32 Å². The number of nitrogens with one attached hydrogen (secondary N) is 1. The van der Waals surface area contributed by atoms with Crippen molar-refractivity contribution in [1.82, 2.24) is 10.2 Å². The van der Waals surface area contributed by atoms with Crippen LogP contribution >= 0.6 is 0 Å². The first-order chi connectivity index (χ1) is 8.06. The maximum absolute atomic E-state index is 12.2. The molecule has 1 unspecified atom stereocenters. The molecule has 1 aliphatic rings. The molecular weight excluding hydrogens is 216 g/mol. The zero-order chi connectivity index (χ0) is 12.8. The van der Waals surface area contributed by atoms with Gasteiger partial charge in [0.1, 0.15) is 6.04 Å². The van der Waals surface area contributed by atoms with Gasteiger partial charge in [0.05, 0.1) is 0 Å². The van der Waals surface area contributed by atoms with E-state index in [0.29, 0.717) is 19.5 Å². The van der Waals surface area contributed by atoms with E-state index >= 15 is 0 Å². The molecule has 2 amide bonds. The van der Waals surface area contributed by atoms with Crippen LogP contribution in [0.15, 0.2) is 12.2 Å². The van der Waals surface area contributed by atoms with Gasteiger partial charge in [-0.15, -0.1) is 0 Å². The quantitative estimate of drug-likeness (QED) is 0.751. The summed E-state index contributed by atoms with van der Waals surface area (Å²) in [5.74, 6) is 0.162. The van der Waals surface area contributed by atoms with Crippen molar-refractivity contribution in [3.63, 3.8) is 0 Å². The van der Waals surface area contributed by atoms with E-state index in [1.165, 1.54) is 0 Å². The summed E-state index contributed by atoms with van der Waals surface area (Å²) in [4.78, 5) is 25.5. The van der Waals surface area contributed by atoms with Crippen LogP contribution in [0.2, 0.25) is 0 Å². The molecule has 0 bridgehead atoms. The molecule has 1 rings (SSSR count). The first-order valence-electron chi connectivity index (χ1n) is 6.25. The summed E-state index contributed by atoms with van der Waals surface area (Å²) >= 11 is 0. The topological polar surface area (TPSA) is 49.4 Å². The molecule has 0 radical (unpaired) electrons. The number of amides is 2. The third-order valence-corrected chi connectivity index (χ3v) is 2.97. The first kappa shape index (κ1) is 13.7. The van der Waals surface area contributed by atoms with Gasteiger partial charge in [0.25, 0.3) is 0 Å². The summed E-state index contributed by atoms with van der Waals surface area (Å²) < 4.78 is 0. The maximum Gasteiger partial charge on any atom is 0.245 e. The second-order valence-corrected chi connectivity index (χ2v) is 4.72. The molecule has 4 heteroatoms. The fourth-order valence-electron chi connectivity index (χ4n) is 1.92. The Bertz CT molecular complexity index is 311. The Labute approximate surface area is 103 Å². The molecule has 1 N–H and O–H groups in total. The fourth-order valence-corrected chi connectivity index (χ4v) is 1.92. The molecule has 0 saturated carbocycles.